The second kappa shape index (κ2) is 10.6. The van der Waals surface area contributed by atoms with Gasteiger partial charge in [0.2, 0.25) is 0 Å². The number of rotatable bonds is 4. The molecule has 3 rings (SSSR count). The van der Waals surface area contributed by atoms with E-state index in [-0.39, 0.29) is 27.0 Å². The van der Waals surface area contributed by atoms with Crippen LogP contribution in [0.3, 0.4) is 0 Å². The Morgan fingerprint density at radius 2 is 1.35 bits per heavy atom. The van der Waals surface area contributed by atoms with Gasteiger partial charge in [-0.15, -0.1) is 0 Å². The molecule has 0 heterocycles. The average molecular weight is 564 g/mol. The molecule has 0 aliphatic heterocycles. The molecular formula is C22H20F3IO4S. The predicted octanol–water partition coefficient (Wildman–Crippen LogP) is 2.26. The number of halogens is 4. The predicted molar refractivity (Wildman–Crippen MR) is 106 cm³/mol. The first kappa shape index (κ1) is 25.3. The smallest absolute Gasteiger partial charge is 0.485 e. The lowest BCUT2D eigenvalue weighted by Crippen LogP contribution is -3.61. The molecule has 0 atom stereocenters. The van der Waals surface area contributed by atoms with Gasteiger partial charge in [-0.05, 0) is 26.0 Å². The Kier molecular flexibility index (Phi) is 8.61. The maximum absolute atomic E-state index is 13.0. The van der Waals surface area contributed by atoms with E-state index < -0.39 is 15.6 Å². The van der Waals surface area contributed by atoms with Crippen LogP contribution >= 0.6 is 0 Å². The van der Waals surface area contributed by atoms with Gasteiger partial charge >= 0.3 is 26.7 Å². The molecule has 0 amide bonds. The molecule has 0 unspecified atom stereocenters. The minimum Gasteiger partial charge on any atom is -0.741 e. The number of benzene rings is 2. The van der Waals surface area contributed by atoms with Crippen LogP contribution in [0.25, 0.3) is 0 Å². The summed E-state index contributed by atoms with van der Waals surface area (Å²) in [6.45, 7) is 4.36. The summed E-state index contributed by atoms with van der Waals surface area (Å²) in [4.78, 5) is 13.0. The van der Waals surface area contributed by atoms with Crippen LogP contribution in [0.4, 0.5) is 13.2 Å². The fourth-order valence-electron chi connectivity index (χ4n) is 2.67. The van der Waals surface area contributed by atoms with Crippen LogP contribution in [-0.2, 0) is 10.1 Å². The fraction of sp³-hybridized carbons (Fsp3) is 0.227. The van der Waals surface area contributed by atoms with Gasteiger partial charge in [-0.3, -0.25) is 4.79 Å². The van der Waals surface area contributed by atoms with Crippen molar-refractivity contribution in [2.75, 3.05) is 0 Å². The monoisotopic (exact) mass is 564 g/mol. The van der Waals surface area contributed by atoms with E-state index in [1.807, 2.05) is 36.4 Å². The molecular weight excluding hydrogens is 544 g/mol. The zero-order valence-electron chi connectivity index (χ0n) is 16.7. The fourth-order valence-corrected chi connectivity index (χ4v) is 5.72. The van der Waals surface area contributed by atoms with E-state index in [4.69, 9.17) is 13.0 Å². The molecule has 166 valence electrons. The van der Waals surface area contributed by atoms with Crippen molar-refractivity contribution in [3.8, 4) is 0 Å². The molecule has 0 saturated carbocycles. The first-order valence-electron chi connectivity index (χ1n) is 9.09. The van der Waals surface area contributed by atoms with Gasteiger partial charge < -0.3 is 4.55 Å². The highest BCUT2D eigenvalue weighted by Crippen LogP contribution is 2.28. The maximum atomic E-state index is 13.0. The number of alkyl halides is 3. The van der Waals surface area contributed by atoms with Crippen molar-refractivity contribution in [3.05, 3.63) is 90.1 Å². The van der Waals surface area contributed by atoms with Crippen LogP contribution < -0.4 is 21.2 Å². The van der Waals surface area contributed by atoms with E-state index in [9.17, 15) is 18.0 Å². The summed E-state index contributed by atoms with van der Waals surface area (Å²) < 4.78 is 61.7. The second-order valence-corrected chi connectivity index (χ2v) is 11.2. The molecule has 0 radical (unpaired) electrons. The minimum atomic E-state index is -6.09. The normalized spacial score (nSPS) is 14.8. The number of hydrogen-bond donors (Lipinski definition) is 0. The molecule has 2 aromatic carbocycles. The molecule has 1 aliphatic carbocycles. The number of carbonyl (C=O) groups is 1. The largest absolute Gasteiger partial charge is 0.741 e. The van der Waals surface area contributed by atoms with Gasteiger partial charge in [0.25, 0.3) is 0 Å². The Bertz CT molecular complexity index is 1090. The molecule has 9 heteroatoms. The van der Waals surface area contributed by atoms with Crippen molar-refractivity contribution in [1.82, 2.24) is 0 Å². The molecule has 0 fully saturated rings. The van der Waals surface area contributed by atoms with Gasteiger partial charge in [0, 0.05) is 18.4 Å². The van der Waals surface area contributed by atoms with Gasteiger partial charge in [0.15, 0.2) is 23.1 Å². The Morgan fingerprint density at radius 1 is 0.903 bits per heavy atom. The SMILES string of the molecule is CC1=C(C)CC(C(=O)c2ccccc2)=C([I+]c2ccccc2)C1.O=S(=O)([O-])C(F)(F)F. The standard InChI is InChI=1S/C21H20IO.CHF3O3S/c1-15-13-19(21(23)17-9-5-3-6-10-17)20(14-16(15)2)22-18-11-7-4-8-12-18;2-1(3,4)8(5,6)7/h3-12H,13-14H2,1-2H3;(H,5,6,7)/q+1;/p-1. The Hall–Kier alpha value is -1.98. The lowest BCUT2D eigenvalue weighted by atomic mass is 9.89. The lowest BCUT2D eigenvalue weighted by molar-refractivity contribution is -0.579. The van der Waals surface area contributed by atoms with E-state index in [0.29, 0.717) is 0 Å². The summed E-state index contributed by atoms with van der Waals surface area (Å²) in [5.41, 5.74) is -1.02. The van der Waals surface area contributed by atoms with Crippen LogP contribution in [0, 0.1) is 3.57 Å². The summed E-state index contributed by atoms with van der Waals surface area (Å²) in [6.07, 6.45) is 1.77. The van der Waals surface area contributed by atoms with Crippen molar-refractivity contribution in [2.24, 2.45) is 0 Å². The summed E-state index contributed by atoms with van der Waals surface area (Å²) >= 11 is -0.282. The third-order valence-corrected chi connectivity index (χ3v) is 8.06. The highest BCUT2D eigenvalue weighted by Gasteiger charge is 2.37. The summed E-state index contributed by atoms with van der Waals surface area (Å²) in [5.74, 6) is 0.211. The number of hydrogen-bond acceptors (Lipinski definition) is 4. The Morgan fingerprint density at radius 3 is 1.84 bits per heavy atom. The van der Waals surface area contributed by atoms with Crippen LogP contribution in [0.2, 0.25) is 0 Å². The highest BCUT2D eigenvalue weighted by molar-refractivity contribution is 7.86. The maximum Gasteiger partial charge on any atom is 0.485 e. The van der Waals surface area contributed by atoms with Gasteiger partial charge in [-0.2, -0.15) is 13.2 Å². The molecule has 1 aliphatic rings. The second-order valence-electron chi connectivity index (χ2n) is 6.78. The van der Waals surface area contributed by atoms with Crippen molar-refractivity contribution in [1.29, 1.82) is 0 Å². The van der Waals surface area contributed by atoms with E-state index in [2.05, 4.69) is 38.1 Å². The molecule has 0 saturated heterocycles. The van der Waals surface area contributed by atoms with E-state index in [1.165, 1.54) is 18.3 Å². The van der Waals surface area contributed by atoms with Crippen molar-refractivity contribution in [3.63, 3.8) is 0 Å². The van der Waals surface area contributed by atoms with Gasteiger partial charge in [0.1, 0.15) is 0 Å². The first-order valence-corrected chi connectivity index (χ1v) is 12.7. The third kappa shape index (κ3) is 7.29. The Labute approximate surface area is 189 Å². The number of ketones is 1. The molecule has 0 aromatic heterocycles. The minimum absolute atomic E-state index is 0.211. The average Bonchev–Trinajstić information content (AvgIpc) is 2.70. The van der Waals surface area contributed by atoms with Crippen LogP contribution in [0.15, 0.2) is 81.0 Å². The first-order chi connectivity index (χ1) is 14.4. The number of Topliss-reactive ketones (excluding diaryl/α,β-unsaturated/α-hetero) is 1. The zero-order valence-corrected chi connectivity index (χ0v) is 19.7. The lowest BCUT2D eigenvalue weighted by Gasteiger charge is -2.16. The molecule has 2 aromatic rings. The topological polar surface area (TPSA) is 74.3 Å². The summed E-state index contributed by atoms with van der Waals surface area (Å²) in [7, 11) is -6.09. The highest BCUT2D eigenvalue weighted by atomic mass is 127. The molecule has 0 bridgehead atoms. The van der Waals surface area contributed by atoms with Crippen LogP contribution in [0.5, 0.6) is 0 Å². The van der Waals surface area contributed by atoms with Gasteiger partial charge in [-0.25, -0.2) is 8.42 Å². The zero-order chi connectivity index (χ0) is 23.2. The summed E-state index contributed by atoms with van der Waals surface area (Å²) in [5, 5.41) is 0. The third-order valence-electron chi connectivity index (χ3n) is 4.47. The summed E-state index contributed by atoms with van der Waals surface area (Å²) in [6, 6.07) is 20.3. The number of allylic oxidation sites excluding steroid dienone is 4. The number of carbonyl (C=O) groups excluding carboxylic acids is 1. The van der Waals surface area contributed by atoms with Crippen molar-refractivity contribution in [2.45, 2.75) is 32.2 Å². The van der Waals surface area contributed by atoms with Crippen molar-refractivity contribution >= 4 is 15.9 Å². The van der Waals surface area contributed by atoms with Crippen LogP contribution in [-0.4, -0.2) is 24.3 Å². The molecule has 4 nitrogen and oxygen atoms in total. The van der Waals surface area contributed by atoms with E-state index in [0.717, 1.165) is 24.0 Å². The van der Waals surface area contributed by atoms with Crippen molar-refractivity contribution < 1.29 is 52.1 Å². The Balaban J connectivity index is 0.000000366. The molecule has 0 N–H and O–H groups in total. The molecule has 0 spiro atoms. The quantitative estimate of drug-likeness (QED) is 0.188. The molecule has 31 heavy (non-hydrogen) atoms. The van der Waals surface area contributed by atoms with Crippen LogP contribution in [0.1, 0.15) is 37.0 Å². The van der Waals surface area contributed by atoms with Gasteiger partial charge in [-0.1, -0.05) is 59.7 Å². The van der Waals surface area contributed by atoms with Gasteiger partial charge in [0.05, 0.1) is 5.57 Å². The van der Waals surface area contributed by atoms with E-state index in [1.54, 1.807) is 0 Å². The van der Waals surface area contributed by atoms with E-state index >= 15 is 0 Å².